The molecule has 0 aliphatic heterocycles. The van der Waals surface area contributed by atoms with Crippen molar-refractivity contribution in [3.8, 4) is 0 Å². The molecule has 0 atom stereocenters. The molecular weight excluding hydrogens is 598 g/mol. The van der Waals surface area contributed by atoms with E-state index in [1.165, 1.54) is 12.8 Å². The van der Waals surface area contributed by atoms with Gasteiger partial charge in [0.1, 0.15) is 0 Å². The van der Waals surface area contributed by atoms with E-state index in [-0.39, 0.29) is 83.1 Å². The summed E-state index contributed by atoms with van der Waals surface area (Å²) in [5.41, 5.74) is 0. The molecule has 0 heterocycles. The van der Waals surface area contributed by atoms with Crippen molar-refractivity contribution < 1.29 is 96.9 Å². The maximum atomic E-state index is 9.76. The molecule has 0 radical (unpaired) electrons. The third-order valence-corrected chi connectivity index (χ3v) is 3.11. The molecule has 0 saturated heterocycles. The zero-order valence-corrected chi connectivity index (χ0v) is 29.2. The van der Waals surface area contributed by atoms with Crippen molar-refractivity contribution in [3.63, 3.8) is 0 Å². The summed E-state index contributed by atoms with van der Waals surface area (Å²) >= 11 is 0. The molecule has 0 bridgehead atoms. The summed E-state index contributed by atoms with van der Waals surface area (Å²) in [4.78, 5) is 19.5. The molecular formula is C22H52O11P2Ti2. The Bertz CT molecular complexity index is 290. The number of hydrogen-bond donors (Lipinski definition) is 0. The number of unbranched alkanes of at least 4 members (excludes halogenated alkanes) is 3. The molecule has 0 aliphatic carbocycles. The smallest absolute Gasteiger partial charge is 0.855 e. The number of phosphoric acid groups is 1. The standard InChI is InChI=1S/C8H18O2P.C4H11O4P.5C2H5O.2Ti/c1-3-5-7-9-11-10-8-6-4-2;1-2-3-4-8-9(5,6)7;5*1-2-3;;/h3-8H2,1-2H3;2-4H2,1H3,(H2,5,6,7);5*2H2,1H3;;/q-1;;5*-1;2*+4/p-2. The van der Waals surface area contributed by atoms with E-state index < -0.39 is 7.82 Å². The van der Waals surface area contributed by atoms with Crippen LogP contribution in [0.25, 0.3) is 0 Å². The van der Waals surface area contributed by atoms with Gasteiger partial charge in [0.15, 0.2) is 0 Å². The zero-order valence-electron chi connectivity index (χ0n) is 24.3. The average Bonchev–Trinajstić information content (AvgIpc) is 2.76. The summed E-state index contributed by atoms with van der Waals surface area (Å²) in [6.07, 6.45) is 6.05. The second-order valence-corrected chi connectivity index (χ2v) is 7.34. The quantitative estimate of drug-likeness (QED) is 0.154. The summed E-state index contributed by atoms with van der Waals surface area (Å²) in [5.74, 6) is 0. The molecule has 11 nitrogen and oxygen atoms in total. The first kappa shape index (κ1) is 62.3. The molecule has 0 aromatic heterocycles. The van der Waals surface area contributed by atoms with Crippen LogP contribution < -0.4 is 35.3 Å². The van der Waals surface area contributed by atoms with E-state index in [0.29, 0.717) is 15.5 Å². The van der Waals surface area contributed by atoms with Crippen molar-refractivity contribution in [2.45, 2.75) is 93.9 Å². The zero-order chi connectivity index (χ0) is 29.2. The van der Waals surface area contributed by atoms with Gasteiger partial charge in [-0.3, -0.25) is 0 Å². The van der Waals surface area contributed by atoms with Gasteiger partial charge in [0, 0.05) is 13.2 Å². The maximum absolute atomic E-state index is 9.76. The molecule has 0 aliphatic rings. The van der Waals surface area contributed by atoms with Crippen molar-refractivity contribution in [2.24, 2.45) is 0 Å². The topological polar surface area (TPSA) is 206 Å². The van der Waals surface area contributed by atoms with Gasteiger partial charge < -0.3 is 53.5 Å². The summed E-state index contributed by atoms with van der Waals surface area (Å²) in [7, 11) is -4.00. The Morgan fingerprint density at radius 1 is 0.541 bits per heavy atom. The molecule has 0 amide bonds. The fraction of sp³-hybridized carbons (Fsp3) is 1.00. The van der Waals surface area contributed by atoms with Gasteiger partial charge in [0.25, 0.3) is 0 Å². The van der Waals surface area contributed by atoms with Crippen LogP contribution in [0.3, 0.4) is 0 Å². The Labute approximate surface area is 259 Å². The van der Waals surface area contributed by atoms with Crippen molar-refractivity contribution in [1.29, 1.82) is 0 Å². The largest absolute Gasteiger partial charge is 4.00 e. The second kappa shape index (κ2) is 76.9. The van der Waals surface area contributed by atoms with E-state index in [9.17, 15) is 14.4 Å². The molecule has 0 saturated carbocycles. The second-order valence-electron chi connectivity index (χ2n) is 5.53. The van der Waals surface area contributed by atoms with E-state index in [1.807, 2.05) is 6.92 Å². The van der Waals surface area contributed by atoms with Crippen molar-refractivity contribution in [1.82, 2.24) is 0 Å². The number of hydrogen-bond acceptors (Lipinski definition) is 11. The Balaban J connectivity index is -0.0000000386. The van der Waals surface area contributed by atoms with Crippen LogP contribution in [0, 0.1) is 0 Å². The van der Waals surface area contributed by atoms with Crippen molar-refractivity contribution in [2.75, 3.05) is 52.9 Å². The molecule has 0 spiro atoms. The first-order chi connectivity index (χ1) is 16.5. The van der Waals surface area contributed by atoms with Crippen molar-refractivity contribution >= 4 is 16.9 Å². The maximum Gasteiger partial charge on any atom is 4.00 e. The van der Waals surface area contributed by atoms with Gasteiger partial charge in [-0.25, -0.2) is 9.03 Å². The van der Waals surface area contributed by atoms with Crippen LogP contribution >= 0.6 is 16.9 Å². The molecule has 0 aromatic carbocycles. The molecule has 224 valence electrons. The van der Waals surface area contributed by atoms with Gasteiger partial charge in [-0.2, -0.15) is 0 Å². The third kappa shape index (κ3) is 195. The predicted octanol–water partition coefficient (Wildman–Crippen LogP) is -0.144. The van der Waals surface area contributed by atoms with Crippen LogP contribution in [-0.4, -0.2) is 52.9 Å². The van der Waals surface area contributed by atoms with Gasteiger partial charge in [-0.1, -0.05) is 74.7 Å². The van der Waals surface area contributed by atoms with Crippen LogP contribution in [0.1, 0.15) is 93.9 Å². The first-order valence-corrected chi connectivity index (χ1v) is 14.3. The fourth-order valence-electron chi connectivity index (χ4n) is 0.850. The Kier molecular flexibility index (Phi) is 130. The molecule has 15 heteroatoms. The van der Waals surface area contributed by atoms with Gasteiger partial charge in [-0.15, -0.1) is 33.0 Å². The SMILES string of the molecule is CCCCOP(=O)([O-])[O-].CCCCO[P-]OCCCC.CC[O-].CC[O-].CC[O-].CC[O-].CC[O-].[Ti+4].[Ti+4]. The molecule has 0 N–H and O–H groups in total. The Hall–Kier alpha value is 1.69. The van der Waals surface area contributed by atoms with Crippen LogP contribution in [0.5, 0.6) is 0 Å². The molecule has 0 unspecified atom stereocenters. The fourth-order valence-corrected chi connectivity index (χ4v) is 1.68. The molecule has 37 heavy (non-hydrogen) atoms. The molecule has 0 aromatic rings. The first-order valence-electron chi connectivity index (χ1n) is 12.1. The minimum atomic E-state index is -4.70. The summed E-state index contributed by atoms with van der Waals surface area (Å²) in [6.45, 7) is 15.7. The monoisotopic (exact) mass is 650 g/mol. The number of phosphoric ester groups is 1. The van der Waals surface area contributed by atoms with E-state index in [0.717, 1.165) is 32.5 Å². The summed E-state index contributed by atoms with van der Waals surface area (Å²) < 4.78 is 24.0. The summed E-state index contributed by atoms with van der Waals surface area (Å²) in [6, 6.07) is 0. The Morgan fingerprint density at radius 3 is 0.946 bits per heavy atom. The van der Waals surface area contributed by atoms with Crippen molar-refractivity contribution in [3.05, 3.63) is 0 Å². The summed E-state index contributed by atoms with van der Waals surface area (Å²) in [5, 5.41) is 44.7. The van der Waals surface area contributed by atoms with E-state index in [4.69, 9.17) is 34.6 Å². The van der Waals surface area contributed by atoms with Crippen LogP contribution in [-0.2, 0) is 61.6 Å². The Morgan fingerprint density at radius 2 is 0.757 bits per heavy atom. The minimum absolute atomic E-state index is 0. The molecule has 0 fully saturated rings. The van der Waals surface area contributed by atoms with E-state index in [2.05, 4.69) is 18.4 Å². The normalized spacial score (nSPS) is 8.41. The average molecular weight is 650 g/mol. The molecule has 0 rings (SSSR count). The third-order valence-electron chi connectivity index (χ3n) is 2.03. The van der Waals surface area contributed by atoms with E-state index >= 15 is 0 Å². The van der Waals surface area contributed by atoms with Crippen LogP contribution in [0.4, 0.5) is 0 Å². The van der Waals surface area contributed by atoms with Gasteiger partial charge >= 0.3 is 43.4 Å². The van der Waals surface area contributed by atoms with E-state index in [1.54, 1.807) is 34.6 Å². The number of rotatable bonds is 12. The minimum Gasteiger partial charge on any atom is -0.855 e. The van der Waals surface area contributed by atoms with Crippen LogP contribution in [0.15, 0.2) is 0 Å². The van der Waals surface area contributed by atoms with Crippen LogP contribution in [0.2, 0.25) is 0 Å². The van der Waals surface area contributed by atoms with Gasteiger partial charge in [0.05, 0.1) is 14.4 Å². The van der Waals surface area contributed by atoms with Gasteiger partial charge in [0.2, 0.25) is 0 Å². The predicted molar refractivity (Wildman–Crippen MR) is 130 cm³/mol. The van der Waals surface area contributed by atoms with Gasteiger partial charge in [-0.05, 0) is 19.3 Å².